The Balaban J connectivity index is 2.29. The zero-order chi connectivity index (χ0) is 19.6. The van der Waals surface area contributed by atoms with Gasteiger partial charge < -0.3 is 25.8 Å². The second kappa shape index (κ2) is 10.2. The van der Waals surface area contributed by atoms with Gasteiger partial charge in [0.05, 0.1) is 25.5 Å². The van der Waals surface area contributed by atoms with Crippen molar-refractivity contribution in [3.8, 4) is 11.5 Å². The number of benzene rings is 2. The number of unbranched alkanes of at least 4 members (excludes halogenated alkanes) is 1. The van der Waals surface area contributed by atoms with E-state index in [0.29, 0.717) is 41.4 Å². The van der Waals surface area contributed by atoms with Crippen molar-refractivity contribution in [2.75, 3.05) is 32.6 Å². The van der Waals surface area contributed by atoms with Crippen LogP contribution in [0.3, 0.4) is 0 Å². The zero-order valence-corrected chi connectivity index (χ0v) is 15.6. The van der Waals surface area contributed by atoms with Crippen LogP contribution in [0.5, 0.6) is 11.5 Å². The van der Waals surface area contributed by atoms with Gasteiger partial charge in [-0.3, -0.25) is 9.59 Å². The number of methoxy groups -OCH3 is 2. The maximum Gasteiger partial charge on any atom is 0.255 e. The molecule has 0 fully saturated rings. The number of ether oxygens (including phenoxy) is 2. The molecule has 7 heteroatoms. The fourth-order valence-electron chi connectivity index (χ4n) is 2.52. The van der Waals surface area contributed by atoms with Crippen molar-refractivity contribution < 1.29 is 19.1 Å². The molecule has 0 atom stereocenters. The van der Waals surface area contributed by atoms with Gasteiger partial charge in [-0.1, -0.05) is 18.2 Å². The van der Waals surface area contributed by atoms with Crippen molar-refractivity contribution in [3.05, 3.63) is 53.6 Å². The van der Waals surface area contributed by atoms with E-state index >= 15 is 0 Å². The number of hydrogen-bond donors (Lipinski definition) is 3. The summed E-state index contributed by atoms with van der Waals surface area (Å²) in [6.07, 6.45) is 1.60. The number of anilines is 1. The number of nitrogens with one attached hydrogen (secondary N) is 2. The summed E-state index contributed by atoms with van der Waals surface area (Å²) in [6.45, 7) is 1.07. The number of hydrogen-bond acceptors (Lipinski definition) is 5. The average Bonchev–Trinajstić information content (AvgIpc) is 2.71. The first kappa shape index (κ1) is 20.3. The molecule has 0 aliphatic rings. The van der Waals surface area contributed by atoms with Crippen molar-refractivity contribution in [1.82, 2.24) is 5.32 Å². The van der Waals surface area contributed by atoms with E-state index in [2.05, 4.69) is 10.6 Å². The summed E-state index contributed by atoms with van der Waals surface area (Å²) >= 11 is 0. The van der Waals surface area contributed by atoms with Gasteiger partial charge in [0.2, 0.25) is 0 Å². The highest BCUT2D eigenvalue weighted by Crippen LogP contribution is 2.33. The lowest BCUT2D eigenvalue weighted by Crippen LogP contribution is -2.26. The minimum atomic E-state index is -0.319. The SMILES string of the molecule is COc1cc(NC(=O)c2ccccc2)c(C(=O)NCCCCN)cc1OC. The van der Waals surface area contributed by atoms with Crippen LogP contribution in [0.2, 0.25) is 0 Å². The van der Waals surface area contributed by atoms with E-state index in [1.807, 2.05) is 6.07 Å². The highest BCUT2D eigenvalue weighted by molar-refractivity contribution is 6.09. The molecule has 0 aliphatic heterocycles. The molecule has 0 bridgehead atoms. The largest absolute Gasteiger partial charge is 0.493 e. The van der Waals surface area contributed by atoms with E-state index in [0.717, 1.165) is 12.8 Å². The molecule has 2 aromatic carbocycles. The third-order valence-corrected chi connectivity index (χ3v) is 3.97. The Morgan fingerprint density at radius 2 is 1.63 bits per heavy atom. The van der Waals surface area contributed by atoms with Crippen LogP contribution in [-0.2, 0) is 0 Å². The van der Waals surface area contributed by atoms with Gasteiger partial charge in [-0.25, -0.2) is 0 Å². The van der Waals surface area contributed by atoms with E-state index in [9.17, 15) is 9.59 Å². The maximum absolute atomic E-state index is 12.6. The maximum atomic E-state index is 12.6. The number of carbonyl (C=O) groups excluding carboxylic acids is 2. The van der Waals surface area contributed by atoms with Crippen molar-refractivity contribution in [2.24, 2.45) is 5.73 Å². The first-order chi connectivity index (χ1) is 13.1. The van der Waals surface area contributed by atoms with Crippen molar-refractivity contribution in [3.63, 3.8) is 0 Å². The summed E-state index contributed by atoms with van der Waals surface area (Å²) in [5.41, 5.74) is 6.60. The molecule has 2 rings (SSSR count). The summed E-state index contributed by atoms with van der Waals surface area (Å²) in [7, 11) is 2.98. The van der Waals surface area contributed by atoms with Crippen LogP contribution in [0.25, 0.3) is 0 Å². The van der Waals surface area contributed by atoms with E-state index in [1.165, 1.54) is 14.2 Å². The molecule has 4 N–H and O–H groups in total. The zero-order valence-electron chi connectivity index (χ0n) is 15.6. The standard InChI is InChI=1S/C20H25N3O4/c1-26-17-12-15(20(25)22-11-7-6-10-21)16(13-18(17)27-2)23-19(24)14-8-4-3-5-9-14/h3-5,8-9,12-13H,6-7,10-11,21H2,1-2H3,(H,22,25)(H,23,24). The molecule has 0 saturated heterocycles. The summed E-state index contributed by atoms with van der Waals surface area (Å²) in [5, 5.41) is 5.61. The molecular formula is C20H25N3O4. The first-order valence-corrected chi connectivity index (χ1v) is 8.71. The van der Waals surface area contributed by atoms with Crippen LogP contribution in [0.1, 0.15) is 33.6 Å². The Hall–Kier alpha value is -3.06. The molecule has 0 saturated carbocycles. The van der Waals surface area contributed by atoms with Crippen LogP contribution in [-0.4, -0.2) is 39.1 Å². The second-order valence-electron chi connectivity index (χ2n) is 5.82. The lowest BCUT2D eigenvalue weighted by molar-refractivity contribution is 0.0953. The first-order valence-electron chi connectivity index (χ1n) is 8.71. The molecule has 0 aromatic heterocycles. The van der Waals surface area contributed by atoms with Gasteiger partial charge in [0.15, 0.2) is 11.5 Å². The van der Waals surface area contributed by atoms with Crippen LogP contribution >= 0.6 is 0 Å². The van der Waals surface area contributed by atoms with Crippen LogP contribution < -0.4 is 25.8 Å². The molecule has 2 amide bonds. The predicted octanol–water partition coefficient (Wildman–Crippen LogP) is 2.42. The third kappa shape index (κ3) is 5.46. The normalized spacial score (nSPS) is 10.2. The molecule has 0 radical (unpaired) electrons. The highest BCUT2D eigenvalue weighted by atomic mass is 16.5. The Kier molecular flexibility index (Phi) is 7.63. The molecule has 2 aromatic rings. The van der Waals surface area contributed by atoms with Crippen molar-refractivity contribution in [1.29, 1.82) is 0 Å². The monoisotopic (exact) mass is 371 g/mol. The summed E-state index contributed by atoms with van der Waals surface area (Å²) in [5.74, 6) is 0.194. The Morgan fingerprint density at radius 3 is 2.26 bits per heavy atom. The Labute approximate surface area is 158 Å². The minimum absolute atomic E-state index is 0.296. The number of rotatable bonds is 9. The highest BCUT2D eigenvalue weighted by Gasteiger charge is 2.19. The van der Waals surface area contributed by atoms with Gasteiger partial charge in [-0.15, -0.1) is 0 Å². The summed E-state index contributed by atoms with van der Waals surface area (Å²) in [6, 6.07) is 11.9. The average molecular weight is 371 g/mol. The fourth-order valence-corrected chi connectivity index (χ4v) is 2.52. The van der Waals surface area contributed by atoms with Gasteiger partial charge in [-0.2, -0.15) is 0 Å². The molecule has 144 valence electrons. The molecular weight excluding hydrogens is 346 g/mol. The van der Waals surface area contributed by atoms with Crippen molar-refractivity contribution in [2.45, 2.75) is 12.8 Å². The smallest absolute Gasteiger partial charge is 0.255 e. The molecule has 0 unspecified atom stereocenters. The van der Waals surface area contributed by atoms with E-state index in [4.69, 9.17) is 15.2 Å². The predicted molar refractivity (Wildman–Crippen MR) is 105 cm³/mol. The lowest BCUT2D eigenvalue weighted by Gasteiger charge is -2.16. The van der Waals surface area contributed by atoms with E-state index in [-0.39, 0.29) is 11.8 Å². The molecule has 7 nitrogen and oxygen atoms in total. The topological polar surface area (TPSA) is 103 Å². The lowest BCUT2D eigenvalue weighted by atomic mass is 10.1. The van der Waals surface area contributed by atoms with Crippen LogP contribution in [0, 0.1) is 0 Å². The van der Waals surface area contributed by atoms with Gasteiger partial charge >= 0.3 is 0 Å². The number of carbonyl (C=O) groups is 2. The minimum Gasteiger partial charge on any atom is -0.493 e. The Bertz CT molecular complexity index is 778. The van der Waals surface area contributed by atoms with Gasteiger partial charge in [0.25, 0.3) is 11.8 Å². The summed E-state index contributed by atoms with van der Waals surface area (Å²) < 4.78 is 10.6. The van der Waals surface area contributed by atoms with Gasteiger partial charge in [0, 0.05) is 18.2 Å². The molecule has 27 heavy (non-hydrogen) atoms. The number of nitrogens with two attached hydrogens (primary N) is 1. The third-order valence-electron chi connectivity index (χ3n) is 3.97. The van der Waals surface area contributed by atoms with Gasteiger partial charge in [-0.05, 0) is 37.6 Å². The molecule has 0 heterocycles. The number of amides is 2. The van der Waals surface area contributed by atoms with Crippen molar-refractivity contribution >= 4 is 17.5 Å². The fraction of sp³-hybridized carbons (Fsp3) is 0.300. The van der Waals surface area contributed by atoms with E-state index < -0.39 is 0 Å². The van der Waals surface area contributed by atoms with Crippen LogP contribution in [0.15, 0.2) is 42.5 Å². The second-order valence-corrected chi connectivity index (χ2v) is 5.82. The molecule has 0 aliphatic carbocycles. The molecule has 0 spiro atoms. The van der Waals surface area contributed by atoms with Gasteiger partial charge in [0.1, 0.15) is 0 Å². The Morgan fingerprint density at radius 1 is 0.963 bits per heavy atom. The van der Waals surface area contributed by atoms with Crippen LogP contribution in [0.4, 0.5) is 5.69 Å². The summed E-state index contributed by atoms with van der Waals surface area (Å²) in [4.78, 5) is 25.1. The quantitative estimate of drug-likeness (QED) is 0.588. The van der Waals surface area contributed by atoms with E-state index in [1.54, 1.807) is 36.4 Å².